The Morgan fingerprint density at radius 1 is 0.535 bits per heavy atom. The van der Waals surface area contributed by atoms with Crippen molar-refractivity contribution in [3.05, 3.63) is 118 Å². The average Bonchev–Trinajstić information content (AvgIpc) is 3.29. The van der Waals surface area contributed by atoms with E-state index in [9.17, 15) is 57.0 Å². The maximum atomic E-state index is 12.7. The van der Waals surface area contributed by atoms with E-state index in [0.717, 1.165) is 18.2 Å². The Morgan fingerprint density at radius 3 is 1.55 bits per heavy atom. The summed E-state index contributed by atoms with van der Waals surface area (Å²) in [7, 11) is -16.9. The van der Waals surface area contributed by atoms with E-state index in [4.69, 9.17) is 4.74 Å². The minimum Gasteiger partial charge on any atom is -0.505 e. The number of anilines is 1. The number of aromatic hydroxyl groups is 1. The van der Waals surface area contributed by atoms with Crippen LogP contribution < -0.4 is 10.2 Å². The fourth-order valence-electron chi connectivity index (χ4n) is 7.11. The van der Waals surface area contributed by atoms with Crippen LogP contribution in [0.1, 0.15) is 33.4 Å². The fourth-order valence-corrected chi connectivity index (χ4v) is 9.74. The van der Waals surface area contributed by atoms with Gasteiger partial charge in [0.25, 0.3) is 40.5 Å². The minimum absolute atomic E-state index is 0.0404. The number of hydrazone groups is 1. The summed E-state index contributed by atoms with van der Waals surface area (Å²) >= 11 is 0. The number of hydrogen-bond donors (Lipinski definition) is 6. The van der Waals surface area contributed by atoms with E-state index < -0.39 is 71.5 Å². The number of benzene rings is 6. The Kier molecular flexibility index (Phi) is 14.0. The first-order valence-corrected chi connectivity index (χ1v) is 26.0. The number of fused-ring (bicyclic) bond motifs is 2. The molecule has 0 heterocycles. The largest absolute Gasteiger partial charge is 0.505 e. The van der Waals surface area contributed by atoms with Crippen molar-refractivity contribution >= 4 is 109 Å². The van der Waals surface area contributed by atoms with Crippen LogP contribution in [0.25, 0.3) is 16.8 Å². The highest BCUT2D eigenvalue weighted by molar-refractivity contribution is 7.87. The highest BCUT2D eigenvalue weighted by Crippen LogP contribution is 2.43. The molecule has 0 radical (unpaired) electrons. The van der Waals surface area contributed by atoms with Crippen molar-refractivity contribution in [2.45, 2.75) is 47.3 Å². The van der Waals surface area contributed by atoms with Crippen LogP contribution in [0.5, 0.6) is 11.5 Å². The lowest BCUT2D eigenvalue weighted by Gasteiger charge is -2.18. The molecule has 0 bridgehead atoms. The second-order valence-corrected chi connectivity index (χ2v) is 21.2. The summed E-state index contributed by atoms with van der Waals surface area (Å²) in [6, 6.07) is 17.4. The van der Waals surface area contributed by atoms with Gasteiger partial charge in [0, 0.05) is 29.6 Å². The van der Waals surface area contributed by atoms with Crippen molar-refractivity contribution in [2.75, 3.05) is 19.6 Å². The lowest BCUT2D eigenvalue weighted by Crippen LogP contribution is -2.22. The van der Waals surface area contributed by atoms with Gasteiger partial charge in [0.15, 0.2) is 5.75 Å². The van der Waals surface area contributed by atoms with Crippen molar-refractivity contribution in [1.29, 1.82) is 0 Å². The Balaban J connectivity index is 1.13. The molecule has 0 aromatic heterocycles. The number of rotatable bonds is 13. The smallest absolute Gasteiger partial charge is 0.296 e. The van der Waals surface area contributed by atoms with Gasteiger partial charge in [-0.25, -0.2) is 0 Å². The highest BCUT2D eigenvalue weighted by Gasteiger charge is 2.29. The van der Waals surface area contributed by atoms with E-state index in [1.165, 1.54) is 56.6 Å². The quantitative estimate of drug-likeness (QED) is 0.0356. The number of aliphatic imine (C=N–C) groups is 1. The van der Waals surface area contributed by atoms with Gasteiger partial charge in [0.2, 0.25) is 0 Å². The topological polar surface area (TPSA) is 358 Å². The predicted molar refractivity (Wildman–Crippen MR) is 261 cm³/mol. The molecule has 0 fully saturated rings. The van der Waals surface area contributed by atoms with Crippen molar-refractivity contribution in [3.63, 3.8) is 0 Å². The maximum absolute atomic E-state index is 12.7. The summed E-state index contributed by atoms with van der Waals surface area (Å²) in [6.07, 6.45) is 2.56. The summed E-state index contributed by atoms with van der Waals surface area (Å²) in [5.41, 5.74) is 6.00. The number of phenols is 1. The number of nitrogens with one attached hydrogen (secondary N) is 1. The molecule has 6 N–H and O–H groups in total. The average molecular weight is 1050 g/mol. The molecule has 0 spiro atoms. The minimum atomic E-state index is -5.04. The van der Waals surface area contributed by atoms with E-state index in [2.05, 4.69) is 46.2 Å². The van der Waals surface area contributed by atoms with Gasteiger partial charge in [-0.2, -0.15) is 59.2 Å². The van der Waals surface area contributed by atoms with Crippen molar-refractivity contribution in [1.82, 2.24) is 0 Å². The number of allylic oxidation sites excluding steroid dienone is 1. The molecule has 0 amide bonds. The first kappa shape index (κ1) is 51.4. The lowest BCUT2D eigenvalue weighted by atomic mass is 9.94. The number of azo groups is 3. The maximum Gasteiger partial charge on any atom is 0.296 e. The molecule has 1 aliphatic rings. The third-order valence-corrected chi connectivity index (χ3v) is 14.2. The van der Waals surface area contributed by atoms with Gasteiger partial charge in [-0.05, 0) is 134 Å². The lowest BCUT2D eigenvalue weighted by molar-refractivity contribution is 0.412. The summed E-state index contributed by atoms with van der Waals surface area (Å²) in [6.45, 7) is 6.91. The summed E-state index contributed by atoms with van der Waals surface area (Å²) in [5.74, 6) is -0.446. The SMILES string of the molecule is CN=C1/C(=N\Nc2ccc3c(O)c(N=Nc4cc(C)c(N=Nc5cc(C)c(N=Nc6ccc(OC)cc6S(=O)(=O)O)cc5C)cc4C)c(S(=O)(=O)O)cc3c2)C=Cc2c1cc(S(=O)(=O)O)cc2S(=O)(=O)O. The molecule has 0 aliphatic heterocycles. The van der Waals surface area contributed by atoms with Crippen LogP contribution >= 0.6 is 0 Å². The number of methoxy groups -OCH3 is 1. The van der Waals surface area contributed by atoms with Crippen LogP contribution in [0.2, 0.25) is 0 Å². The van der Waals surface area contributed by atoms with Crippen LogP contribution in [0.15, 0.2) is 145 Å². The van der Waals surface area contributed by atoms with Gasteiger partial charge >= 0.3 is 0 Å². The molecule has 23 nitrogen and oxygen atoms in total. The molecule has 71 heavy (non-hydrogen) atoms. The van der Waals surface area contributed by atoms with Crippen LogP contribution in [-0.2, 0) is 40.5 Å². The Bertz CT molecular complexity index is 3910. The van der Waals surface area contributed by atoms with Gasteiger partial charge in [-0.3, -0.25) is 28.6 Å². The molecule has 0 saturated heterocycles. The number of nitrogens with zero attached hydrogens (tertiary/aromatic N) is 8. The number of phenolic OH excluding ortho intramolecular Hbond substituents is 1. The third kappa shape index (κ3) is 11.1. The summed E-state index contributed by atoms with van der Waals surface area (Å²) in [5, 5.41) is 41.2. The van der Waals surface area contributed by atoms with E-state index >= 15 is 0 Å². The molecule has 0 saturated carbocycles. The van der Waals surface area contributed by atoms with E-state index in [0.29, 0.717) is 45.4 Å². The van der Waals surface area contributed by atoms with Crippen LogP contribution in [-0.4, -0.2) is 82.6 Å². The molecule has 0 atom stereocenters. The Hall–Kier alpha value is -7.50. The molecule has 6 aromatic rings. The first-order chi connectivity index (χ1) is 33.2. The molecule has 0 unspecified atom stereocenters. The van der Waals surface area contributed by atoms with Gasteiger partial charge in [0.1, 0.15) is 37.5 Å². The highest BCUT2D eigenvalue weighted by atomic mass is 32.2. The Labute approximate surface area is 405 Å². The van der Waals surface area contributed by atoms with Gasteiger partial charge < -0.3 is 9.84 Å². The molecular weight excluding hydrogens is 1010 g/mol. The summed E-state index contributed by atoms with van der Waals surface area (Å²) < 4.78 is 142. The molecule has 27 heteroatoms. The zero-order valence-corrected chi connectivity index (χ0v) is 41.0. The van der Waals surface area contributed by atoms with E-state index in [-0.39, 0.29) is 56.1 Å². The fraction of sp³-hybridized carbons (Fsp3) is 0.136. The van der Waals surface area contributed by atoms with Crippen LogP contribution in [0, 0.1) is 27.7 Å². The normalized spacial score (nSPS) is 14.7. The standard InChI is InChI=1S/C44H39N9O14S4/c1-22-14-36(23(2)13-35(22)49-47-33-11-8-28(67-6)19-40(33)70(61,62)63)50-51-37-15-25(4)38(16-24(37)3)52-53-43-41(71(64,65)66)18-26-17-27(7-9-30(26)44(43)54)46-48-34-12-10-31-32(42(34)45-5)20-29(68(55,56)57)21-39(31)69(58,59)60/h7-21,46,54H,1-6H3,(H,55,56,57)(H,58,59,60)(H,61,62,63)(H,64,65,66)/b45-42?,48-34-,49-47?,51-50?,53-52?. The first-order valence-electron chi connectivity index (χ1n) is 20.2. The van der Waals surface area contributed by atoms with Gasteiger partial charge in [0.05, 0.1) is 46.2 Å². The second-order valence-electron chi connectivity index (χ2n) is 15.6. The van der Waals surface area contributed by atoms with Gasteiger partial charge in [-0.15, -0.1) is 10.2 Å². The molecular formula is C44H39N9O14S4. The van der Waals surface area contributed by atoms with Gasteiger partial charge in [-0.1, -0.05) is 6.08 Å². The van der Waals surface area contributed by atoms with E-state index in [1.807, 2.05) is 0 Å². The molecule has 1 aliphatic carbocycles. The van der Waals surface area contributed by atoms with E-state index in [1.54, 1.807) is 52.0 Å². The van der Waals surface area contributed by atoms with Crippen LogP contribution in [0.3, 0.4) is 0 Å². The van der Waals surface area contributed by atoms with Crippen molar-refractivity contribution in [3.8, 4) is 11.5 Å². The van der Waals surface area contributed by atoms with Crippen molar-refractivity contribution in [2.24, 2.45) is 40.8 Å². The number of hydrogen-bond acceptors (Lipinski definition) is 19. The van der Waals surface area contributed by atoms with Crippen molar-refractivity contribution < 1.29 is 61.7 Å². The Morgan fingerprint density at radius 2 is 1.06 bits per heavy atom. The molecule has 6 aromatic carbocycles. The monoisotopic (exact) mass is 1050 g/mol. The van der Waals surface area contributed by atoms with Crippen LogP contribution in [0.4, 0.5) is 39.8 Å². The molecule has 7 rings (SSSR count). The molecule has 368 valence electrons. The second kappa shape index (κ2) is 19.4. The third-order valence-electron chi connectivity index (χ3n) is 10.7. The zero-order chi connectivity index (χ0) is 52.0. The predicted octanol–water partition coefficient (Wildman–Crippen LogP) is 9.93. The zero-order valence-electron chi connectivity index (χ0n) is 37.8. The summed E-state index contributed by atoms with van der Waals surface area (Å²) in [4.78, 5) is 1.21. The number of ether oxygens (including phenoxy) is 1. The number of aryl methyl sites for hydroxylation is 4.